The topological polar surface area (TPSA) is 47.0 Å². The molecule has 1 aromatic heterocycles. The average Bonchev–Trinajstić information content (AvgIpc) is 2.46. The summed E-state index contributed by atoms with van der Waals surface area (Å²) in [7, 11) is 3.61. The summed E-state index contributed by atoms with van der Waals surface area (Å²) in [6.45, 7) is 6.14. The number of aromatic nitrogens is 2. The molecule has 1 heterocycles. The van der Waals surface area contributed by atoms with Crippen LogP contribution in [0, 0.1) is 13.8 Å². The fourth-order valence-corrected chi connectivity index (χ4v) is 2.21. The summed E-state index contributed by atoms with van der Waals surface area (Å²) in [5.41, 5.74) is 4.22. The van der Waals surface area contributed by atoms with Crippen LogP contribution in [0.1, 0.15) is 29.8 Å². The molecule has 0 amide bonds. The fraction of sp³-hybridized carbons (Fsp3) is 0.375. The van der Waals surface area contributed by atoms with Gasteiger partial charge in [0.15, 0.2) is 5.82 Å². The maximum absolute atomic E-state index is 5.28. The predicted octanol–water partition coefficient (Wildman–Crippen LogP) is 3.05. The number of hydrogen-bond donors (Lipinski definition) is 1. The van der Waals surface area contributed by atoms with Gasteiger partial charge in [0.1, 0.15) is 5.75 Å². The van der Waals surface area contributed by atoms with Gasteiger partial charge in [-0.15, -0.1) is 0 Å². The lowest BCUT2D eigenvalue weighted by atomic mass is 10.1. The van der Waals surface area contributed by atoms with Crippen LogP contribution in [0.5, 0.6) is 5.75 Å². The lowest BCUT2D eigenvalue weighted by Crippen LogP contribution is -2.14. The van der Waals surface area contributed by atoms with Gasteiger partial charge in [0.05, 0.1) is 7.11 Å². The van der Waals surface area contributed by atoms with Gasteiger partial charge in [-0.2, -0.15) is 0 Å². The summed E-state index contributed by atoms with van der Waals surface area (Å²) in [6, 6.07) is 6.24. The molecule has 2 rings (SSSR count). The monoisotopic (exact) mass is 271 g/mol. The third kappa shape index (κ3) is 2.80. The van der Waals surface area contributed by atoms with Crippen molar-refractivity contribution >= 4 is 0 Å². The first kappa shape index (κ1) is 14.5. The minimum atomic E-state index is 0.252. The first-order valence-electron chi connectivity index (χ1n) is 6.72. The number of rotatable bonds is 4. The van der Waals surface area contributed by atoms with Crippen molar-refractivity contribution in [2.45, 2.75) is 26.8 Å². The lowest BCUT2D eigenvalue weighted by Gasteiger charge is -2.13. The van der Waals surface area contributed by atoms with Crippen LogP contribution in [0.25, 0.3) is 11.4 Å². The van der Waals surface area contributed by atoms with E-state index in [1.54, 1.807) is 7.11 Å². The van der Waals surface area contributed by atoms with E-state index < -0.39 is 0 Å². The number of nitrogens with zero attached hydrogens (tertiary/aromatic N) is 2. The van der Waals surface area contributed by atoms with Crippen molar-refractivity contribution in [1.29, 1.82) is 0 Å². The smallest absolute Gasteiger partial charge is 0.159 e. The highest BCUT2D eigenvalue weighted by Gasteiger charge is 2.11. The largest absolute Gasteiger partial charge is 0.496 e. The number of aryl methyl sites for hydroxylation is 2. The molecule has 1 unspecified atom stereocenters. The zero-order chi connectivity index (χ0) is 14.7. The third-order valence-corrected chi connectivity index (χ3v) is 3.57. The Kier molecular flexibility index (Phi) is 4.35. The van der Waals surface area contributed by atoms with E-state index >= 15 is 0 Å². The molecule has 0 fully saturated rings. The summed E-state index contributed by atoms with van der Waals surface area (Å²) in [5, 5.41) is 3.21. The quantitative estimate of drug-likeness (QED) is 0.928. The van der Waals surface area contributed by atoms with E-state index in [-0.39, 0.29) is 6.04 Å². The highest BCUT2D eigenvalue weighted by Crippen LogP contribution is 2.25. The number of benzene rings is 1. The molecule has 0 bridgehead atoms. The normalized spacial score (nSPS) is 12.2. The van der Waals surface area contributed by atoms with E-state index in [1.807, 2.05) is 39.2 Å². The van der Waals surface area contributed by atoms with Crippen LogP contribution in [0.15, 0.2) is 24.4 Å². The number of nitrogens with one attached hydrogen (secondary N) is 1. The molecule has 106 valence electrons. The molecule has 0 aliphatic heterocycles. The fourth-order valence-electron chi connectivity index (χ4n) is 2.21. The minimum Gasteiger partial charge on any atom is -0.496 e. The van der Waals surface area contributed by atoms with Gasteiger partial charge in [0, 0.05) is 29.1 Å². The number of ether oxygens (including phenoxy) is 1. The number of methoxy groups -OCH3 is 1. The summed E-state index contributed by atoms with van der Waals surface area (Å²) in [4.78, 5) is 9.10. The van der Waals surface area contributed by atoms with Crippen LogP contribution in [-0.2, 0) is 0 Å². The number of hydrogen-bond acceptors (Lipinski definition) is 4. The molecular formula is C16H21N3O. The van der Waals surface area contributed by atoms with Crippen molar-refractivity contribution in [3.63, 3.8) is 0 Å². The van der Waals surface area contributed by atoms with Crippen LogP contribution in [-0.4, -0.2) is 24.1 Å². The van der Waals surface area contributed by atoms with Gasteiger partial charge in [-0.1, -0.05) is 0 Å². The molecule has 0 saturated heterocycles. The van der Waals surface area contributed by atoms with E-state index in [4.69, 9.17) is 4.74 Å². The van der Waals surface area contributed by atoms with Crippen LogP contribution < -0.4 is 10.1 Å². The van der Waals surface area contributed by atoms with Crippen LogP contribution in [0.4, 0.5) is 0 Å². The van der Waals surface area contributed by atoms with E-state index in [0.717, 1.165) is 34.0 Å². The summed E-state index contributed by atoms with van der Waals surface area (Å²) < 4.78 is 5.28. The van der Waals surface area contributed by atoms with E-state index in [1.165, 1.54) is 0 Å². The van der Waals surface area contributed by atoms with E-state index in [9.17, 15) is 0 Å². The maximum Gasteiger partial charge on any atom is 0.159 e. The Morgan fingerprint density at radius 1 is 1.25 bits per heavy atom. The van der Waals surface area contributed by atoms with Crippen molar-refractivity contribution in [3.8, 4) is 17.1 Å². The Balaban J connectivity index is 2.39. The molecule has 0 spiro atoms. The van der Waals surface area contributed by atoms with Gasteiger partial charge < -0.3 is 10.1 Å². The Bertz CT molecular complexity index is 611. The Morgan fingerprint density at radius 2 is 2.00 bits per heavy atom. The molecule has 4 nitrogen and oxygen atoms in total. The molecule has 20 heavy (non-hydrogen) atoms. The first-order chi connectivity index (χ1) is 9.56. The standard InChI is InChI=1S/C16H21N3O/c1-10-8-13(6-7-15(10)20-5)16-18-9-14(11(2)17-4)12(3)19-16/h6-9,11,17H,1-5H3. The van der Waals surface area contributed by atoms with Gasteiger partial charge in [0.25, 0.3) is 0 Å². The molecule has 2 aromatic rings. The second-order valence-electron chi connectivity index (χ2n) is 4.93. The lowest BCUT2D eigenvalue weighted by molar-refractivity contribution is 0.412. The van der Waals surface area contributed by atoms with Crippen molar-refractivity contribution in [1.82, 2.24) is 15.3 Å². The average molecular weight is 271 g/mol. The molecular weight excluding hydrogens is 250 g/mol. The van der Waals surface area contributed by atoms with Crippen molar-refractivity contribution in [3.05, 3.63) is 41.2 Å². The van der Waals surface area contributed by atoms with Crippen LogP contribution >= 0.6 is 0 Å². The second kappa shape index (κ2) is 6.01. The summed E-state index contributed by atoms with van der Waals surface area (Å²) in [5.74, 6) is 1.63. The molecule has 0 saturated carbocycles. The SMILES string of the molecule is CNC(C)c1cnc(-c2ccc(OC)c(C)c2)nc1C. The minimum absolute atomic E-state index is 0.252. The highest BCUT2D eigenvalue weighted by molar-refractivity contribution is 5.58. The maximum atomic E-state index is 5.28. The third-order valence-electron chi connectivity index (χ3n) is 3.57. The van der Waals surface area contributed by atoms with E-state index in [0.29, 0.717) is 0 Å². The van der Waals surface area contributed by atoms with Crippen LogP contribution in [0.2, 0.25) is 0 Å². The Morgan fingerprint density at radius 3 is 2.55 bits per heavy atom. The van der Waals surface area contributed by atoms with Crippen molar-refractivity contribution in [2.24, 2.45) is 0 Å². The van der Waals surface area contributed by atoms with Crippen LogP contribution in [0.3, 0.4) is 0 Å². The second-order valence-corrected chi connectivity index (χ2v) is 4.93. The van der Waals surface area contributed by atoms with Gasteiger partial charge in [-0.3, -0.25) is 0 Å². The highest BCUT2D eigenvalue weighted by atomic mass is 16.5. The van der Waals surface area contributed by atoms with Crippen molar-refractivity contribution < 1.29 is 4.74 Å². The Hall–Kier alpha value is -1.94. The van der Waals surface area contributed by atoms with Crippen molar-refractivity contribution in [2.75, 3.05) is 14.2 Å². The van der Waals surface area contributed by atoms with Gasteiger partial charge in [0.2, 0.25) is 0 Å². The molecule has 1 N–H and O–H groups in total. The molecule has 0 aliphatic carbocycles. The molecule has 4 heteroatoms. The predicted molar refractivity (Wildman–Crippen MR) is 81.0 cm³/mol. The summed E-state index contributed by atoms with van der Waals surface area (Å²) >= 11 is 0. The Labute approximate surface area is 120 Å². The first-order valence-corrected chi connectivity index (χ1v) is 6.72. The molecule has 0 radical (unpaired) electrons. The zero-order valence-electron chi connectivity index (χ0n) is 12.7. The molecule has 0 aliphatic rings. The molecule has 1 atom stereocenters. The summed E-state index contributed by atoms with van der Waals surface area (Å²) in [6.07, 6.45) is 1.90. The van der Waals surface area contributed by atoms with Gasteiger partial charge in [-0.05, 0) is 51.6 Å². The van der Waals surface area contributed by atoms with Gasteiger partial charge in [-0.25, -0.2) is 9.97 Å². The zero-order valence-corrected chi connectivity index (χ0v) is 12.7. The molecule has 1 aromatic carbocycles. The van der Waals surface area contributed by atoms with Gasteiger partial charge >= 0.3 is 0 Å². The van der Waals surface area contributed by atoms with E-state index in [2.05, 4.69) is 28.3 Å².